The van der Waals surface area contributed by atoms with Crippen LogP contribution in [0.5, 0.6) is 23.0 Å². The molecular weight excluding hydrogens is 460 g/mol. The van der Waals surface area contributed by atoms with Crippen molar-refractivity contribution in [3.8, 4) is 23.0 Å². The second kappa shape index (κ2) is 10.6. The summed E-state index contributed by atoms with van der Waals surface area (Å²) in [4.78, 5) is 0. The van der Waals surface area contributed by atoms with Crippen molar-refractivity contribution >= 4 is 0 Å². The van der Waals surface area contributed by atoms with Crippen LogP contribution in [0.1, 0.15) is 42.1 Å². The Morgan fingerprint density at radius 1 is 0.971 bits per heavy atom. The maximum atomic E-state index is 10.6. The van der Waals surface area contributed by atoms with Crippen LogP contribution in [0.2, 0.25) is 0 Å². The lowest BCUT2D eigenvalue weighted by Crippen LogP contribution is -2.57. The summed E-state index contributed by atoms with van der Waals surface area (Å²) in [6.07, 6.45) is -5.13. The van der Waals surface area contributed by atoms with Gasteiger partial charge in [0.25, 0.3) is 0 Å². The van der Waals surface area contributed by atoms with Crippen molar-refractivity contribution in [2.75, 3.05) is 20.3 Å². The number of aliphatic hydroxyl groups is 4. The van der Waals surface area contributed by atoms with Gasteiger partial charge in [0.05, 0.1) is 32.3 Å². The number of aromatic hydroxyl groups is 2. The van der Waals surface area contributed by atoms with Crippen molar-refractivity contribution in [3.63, 3.8) is 0 Å². The van der Waals surface area contributed by atoms with Crippen LogP contribution in [0.25, 0.3) is 0 Å². The molecule has 2 aromatic rings. The molecule has 2 aromatic carbocycles. The van der Waals surface area contributed by atoms with Crippen LogP contribution in [0, 0.1) is 0 Å². The van der Waals surface area contributed by atoms with Gasteiger partial charge in [-0.2, -0.15) is 0 Å². The summed E-state index contributed by atoms with van der Waals surface area (Å²) in [5.41, 5.74) is 2.18. The van der Waals surface area contributed by atoms with Gasteiger partial charge in [0.15, 0.2) is 29.3 Å². The van der Waals surface area contributed by atoms with E-state index in [-0.39, 0.29) is 30.5 Å². The highest BCUT2D eigenvalue weighted by Gasteiger charge is 2.42. The Labute approximate surface area is 202 Å². The van der Waals surface area contributed by atoms with E-state index < -0.39 is 42.7 Å². The van der Waals surface area contributed by atoms with E-state index in [0.29, 0.717) is 29.7 Å². The van der Waals surface area contributed by atoms with Crippen molar-refractivity contribution in [1.82, 2.24) is 0 Å². The van der Waals surface area contributed by atoms with Gasteiger partial charge >= 0.3 is 0 Å². The summed E-state index contributed by atoms with van der Waals surface area (Å²) >= 11 is 0. The van der Waals surface area contributed by atoms with Crippen LogP contribution in [0.4, 0.5) is 0 Å². The molecule has 1 saturated heterocycles. The SMILES string of the molecule is COc1cc(C2Oc3c(O)cc(CCCO[C@@H]4O[C@@H](C)[C@H](O)[C@@H](O)[C@H]4O)cc3C2CO)ccc1O. The number of phenolic OH excluding ortho intramolecular Hbond substituents is 2. The molecule has 0 spiro atoms. The molecule has 35 heavy (non-hydrogen) atoms. The molecule has 2 aliphatic heterocycles. The van der Waals surface area contributed by atoms with Crippen LogP contribution >= 0.6 is 0 Å². The Morgan fingerprint density at radius 2 is 1.74 bits per heavy atom. The van der Waals surface area contributed by atoms with Crippen LogP contribution in [0.3, 0.4) is 0 Å². The highest BCUT2D eigenvalue weighted by molar-refractivity contribution is 5.55. The second-order valence-electron chi connectivity index (χ2n) is 8.95. The Hall–Kier alpha value is -2.60. The third-order valence-corrected chi connectivity index (χ3v) is 6.60. The van der Waals surface area contributed by atoms with Crippen molar-refractivity contribution in [2.45, 2.75) is 62.5 Å². The van der Waals surface area contributed by atoms with E-state index in [1.807, 2.05) is 6.07 Å². The first-order valence-corrected chi connectivity index (χ1v) is 11.6. The molecule has 0 bridgehead atoms. The average molecular weight is 493 g/mol. The van der Waals surface area contributed by atoms with E-state index in [4.69, 9.17) is 18.9 Å². The van der Waals surface area contributed by atoms with E-state index in [1.54, 1.807) is 25.1 Å². The maximum absolute atomic E-state index is 10.6. The number of aliphatic hydroxyl groups excluding tert-OH is 4. The zero-order valence-corrected chi connectivity index (χ0v) is 19.6. The molecule has 10 heteroatoms. The molecule has 10 nitrogen and oxygen atoms in total. The van der Waals surface area contributed by atoms with Gasteiger partial charge < -0.3 is 49.6 Å². The topological polar surface area (TPSA) is 158 Å². The molecule has 0 radical (unpaired) electrons. The highest BCUT2D eigenvalue weighted by Crippen LogP contribution is 2.51. The van der Waals surface area contributed by atoms with Crippen LogP contribution in [-0.4, -0.2) is 81.7 Å². The van der Waals surface area contributed by atoms with Gasteiger partial charge in [-0.05, 0) is 49.1 Å². The van der Waals surface area contributed by atoms with Crippen LogP contribution in [0.15, 0.2) is 30.3 Å². The number of benzene rings is 2. The van der Waals surface area contributed by atoms with Gasteiger partial charge in [-0.1, -0.05) is 12.1 Å². The first-order chi connectivity index (χ1) is 16.7. The van der Waals surface area contributed by atoms with E-state index >= 15 is 0 Å². The summed E-state index contributed by atoms with van der Waals surface area (Å²) in [6.45, 7) is 1.59. The Kier molecular flexibility index (Phi) is 7.70. The molecule has 0 saturated carbocycles. The summed E-state index contributed by atoms with van der Waals surface area (Å²) in [7, 11) is 1.45. The Morgan fingerprint density at radius 3 is 2.46 bits per heavy atom. The lowest BCUT2D eigenvalue weighted by Gasteiger charge is -2.38. The number of aryl methyl sites for hydroxylation is 1. The summed E-state index contributed by atoms with van der Waals surface area (Å²) in [5.74, 6) is 0.114. The molecule has 2 unspecified atom stereocenters. The smallest absolute Gasteiger partial charge is 0.186 e. The van der Waals surface area contributed by atoms with E-state index in [2.05, 4.69) is 0 Å². The Bertz CT molecular complexity index is 1030. The monoisotopic (exact) mass is 492 g/mol. The molecule has 0 aliphatic carbocycles. The minimum atomic E-state index is -1.36. The molecule has 6 N–H and O–H groups in total. The minimum absolute atomic E-state index is 0.00838. The van der Waals surface area contributed by atoms with Gasteiger partial charge in [-0.3, -0.25) is 0 Å². The highest BCUT2D eigenvalue weighted by atomic mass is 16.7. The molecule has 4 rings (SSSR count). The summed E-state index contributed by atoms with van der Waals surface area (Å²) < 4.78 is 22.2. The number of hydrogen-bond donors (Lipinski definition) is 6. The fraction of sp³-hybridized carbons (Fsp3) is 0.520. The van der Waals surface area contributed by atoms with E-state index in [9.17, 15) is 30.6 Å². The predicted molar refractivity (Wildman–Crippen MR) is 123 cm³/mol. The number of phenols is 2. The van der Waals surface area contributed by atoms with Gasteiger partial charge in [-0.25, -0.2) is 0 Å². The first kappa shape index (κ1) is 25.5. The molecule has 2 heterocycles. The van der Waals surface area contributed by atoms with Crippen molar-refractivity contribution in [3.05, 3.63) is 47.0 Å². The average Bonchev–Trinajstić information content (AvgIpc) is 3.23. The number of hydrogen-bond acceptors (Lipinski definition) is 10. The van der Waals surface area contributed by atoms with Gasteiger partial charge in [0.1, 0.15) is 24.4 Å². The summed E-state index contributed by atoms with van der Waals surface area (Å²) in [5, 5.41) is 60.3. The molecule has 192 valence electrons. The van der Waals surface area contributed by atoms with Crippen LogP contribution in [-0.2, 0) is 15.9 Å². The fourth-order valence-electron chi connectivity index (χ4n) is 4.61. The van der Waals surface area contributed by atoms with Crippen molar-refractivity contribution in [1.29, 1.82) is 0 Å². The van der Waals surface area contributed by atoms with Gasteiger partial charge in [0.2, 0.25) is 0 Å². The second-order valence-corrected chi connectivity index (χ2v) is 8.95. The number of rotatable bonds is 8. The molecule has 0 aromatic heterocycles. The fourth-order valence-corrected chi connectivity index (χ4v) is 4.61. The lowest BCUT2D eigenvalue weighted by atomic mass is 9.90. The number of ether oxygens (including phenoxy) is 4. The normalized spacial score (nSPS) is 30.1. The summed E-state index contributed by atoms with van der Waals surface area (Å²) in [6, 6.07) is 8.30. The van der Waals surface area contributed by atoms with Crippen molar-refractivity contribution in [2.24, 2.45) is 0 Å². The zero-order valence-electron chi connectivity index (χ0n) is 19.6. The number of methoxy groups -OCH3 is 1. The van der Waals surface area contributed by atoms with E-state index in [0.717, 1.165) is 5.56 Å². The quantitative estimate of drug-likeness (QED) is 0.295. The minimum Gasteiger partial charge on any atom is -0.504 e. The largest absolute Gasteiger partial charge is 0.504 e. The molecule has 7 atom stereocenters. The lowest BCUT2D eigenvalue weighted by molar-refractivity contribution is -0.293. The number of fused-ring (bicyclic) bond motifs is 1. The van der Waals surface area contributed by atoms with E-state index in [1.165, 1.54) is 13.2 Å². The molecule has 2 aliphatic rings. The third-order valence-electron chi connectivity index (χ3n) is 6.60. The molecular formula is C25H32O10. The van der Waals surface area contributed by atoms with Gasteiger partial charge in [-0.15, -0.1) is 0 Å². The maximum Gasteiger partial charge on any atom is 0.186 e. The Balaban J connectivity index is 1.41. The standard InChI is InChI=1S/C25H32O10/c1-12-20(29)21(30)22(31)25(34-12)33-7-3-4-13-8-15-16(11-26)23(35-24(15)18(28)9-13)14-5-6-17(27)19(10-14)32-2/h5-6,8-10,12,16,20-23,25-31H,3-4,7,11H2,1-2H3/t12-,16?,20-,21+,22+,23?,25+/m0/s1. The molecule has 0 amide bonds. The third kappa shape index (κ3) is 5.04. The van der Waals surface area contributed by atoms with Gasteiger partial charge in [0, 0.05) is 5.56 Å². The zero-order chi connectivity index (χ0) is 25.3. The first-order valence-electron chi connectivity index (χ1n) is 11.6. The van der Waals surface area contributed by atoms with Crippen LogP contribution < -0.4 is 9.47 Å². The van der Waals surface area contributed by atoms with Crippen molar-refractivity contribution < 1.29 is 49.6 Å². The molecule has 1 fully saturated rings. The predicted octanol–water partition coefficient (Wildman–Crippen LogP) is 1.09.